The first-order valence-electron chi connectivity index (χ1n) is 7.54. The summed E-state index contributed by atoms with van der Waals surface area (Å²) in [7, 11) is 2.24. The number of nitrogens with zero attached hydrogens (tertiary/aromatic N) is 2. The molecule has 2 aliphatic heterocycles. The minimum Gasteiger partial charge on any atom is -0.311 e. The van der Waals surface area contributed by atoms with Crippen molar-refractivity contribution in [2.45, 2.75) is 57.7 Å². The summed E-state index contributed by atoms with van der Waals surface area (Å²) in [5.74, 6) is 0.948. The number of nitrogens with one attached hydrogen (secondary N) is 1. The maximum atomic E-state index is 4.33. The van der Waals surface area contributed by atoms with E-state index < -0.39 is 0 Å². The van der Waals surface area contributed by atoms with Gasteiger partial charge in [-0.1, -0.05) is 0 Å². The molecule has 0 aliphatic carbocycles. The molecule has 0 amide bonds. The number of rotatable bonds is 5. The lowest BCUT2D eigenvalue weighted by Crippen LogP contribution is -2.38. The van der Waals surface area contributed by atoms with Crippen molar-refractivity contribution in [1.82, 2.24) is 15.2 Å². The van der Waals surface area contributed by atoms with Crippen molar-refractivity contribution >= 4 is 11.3 Å². The van der Waals surface area contributed by atoms with Gasteiger partial charge in [-0.3, -0.25) is 0 Å². The molecule has 1 aromatic rings. The Bertz CT molecular complexity index is 405. The molecule has 106 valence electrons. The number of aromatic nitrogens is 1. The quantitative estimate of drug-likeness (QED) is 0.898. The van der Waals surface area contributed by atoms with Crippen LogP contribution in [0.2, 0.25) is 0 Å². The monoisotopic (exact) mass is 279 g/mol. The molecule has 2 aliphatic rings. The molecule has 2 bridgehead atoms. The number of fused-ring (bicyclic) bond motifs is 2. The van der Waals surface area contributed by atoms with Gasteiger partial charge >= 0.3 is 0 Å². The molecular formula is C15H25N3S. The van der Waals surface area contributed by atoms with Crippen molar-refractivity contribution in [2.75, 3.05) is 13.6 Å². The predicted molar refractivity (Wildman–Crippen MR) is 80.5 cm³/mol. The zero-order chi connectivity index (χ0) is 13.2. The van der Waals surface area contributed by atoms with Crippen LogP contribution in [0.1, 0.15) is 42.7 Å². The van der Waals surface area contributed by atoms with Crippen LogP contribution in [0.3, 0.4) is 0 Å². The molecule has 2 unspecified atom stereocenters. The maximum absolute atomic E-state index is 4.33. The molecular weight excluding hydrogens is 254 g/mol. The topological polar surface area (TPSA) is 28.2 Å². The molecule has 2 saturated heterocycles. The van der Waals surface area contributed by atoms with Gasteiger partial charge in [-0.2, -0.15) is 0 Å². The smallest absolute Gasteiger partial charge is 0.0798 e. The second kappa shape index (κ2) is 5.90. The first-order chi connectivity index (χ1) is 9.20. The lowest BCUT2D eigenvalue weighted by atomic mass is 9.89. The van der Waals surface area contributed by atoms with Crippen LogP contribution in [-0.4, -0.2) is 35.6 Å². The highest BCUT2D eigenvalue weighted by Gasteiger charge is 2.33. The summed E-state index contributed by atoms with van der Waals surface area (Å²) in [4.78, 5) is 8.22. The summed E-state index contributed by atoms with van der Waals surface area (Å²) < 4.78 is 0. The Kier molecular flexibility index (Phi) is 4.20. The largest absolute Gasteiger partial charge is 0.311 e. The number of hydrogen-bond donors (Lipinski definition) is 1. The third-order valence-electron chi connectivity index (χ3n) is 4.75. The van der Waals surface area contributed by atoms with Gasteiger partial charge in [-0.05, 0) is 58.5 Å². The molecule has 19 heavy (non-hydrogen) atoms. The summed E-state index contributed by atoms with van der Waals surface area (Å²) >= 11 is 1.79. The second-order valence-electron chi connectivity index (χ2n) is 6.36. The molecule has 0 radical (unpaired) electrons. The van der Waals surface area contributed by atoms with E-state index >= 15 is 0 Å². The molecule has 2 atom stereocenters. The van der Waals surface area contributed by atoms with Crippen molar-refractivity contribution in [3.63, 3.8) is 0 Å². The Morgan fingerprint density at radius 2 is 2.11 bits per heavy atom. The van der Waals surface area contributed by atoms with Crippen LogP contribution in [0.15, 0.2) is 5.51 Å². The van der Waals surface area contributed by atoms with E-state index in [2.05, 4.69) is 29.2 Å². The first-order valence-corrected chi connectivity index (χ1v) is 8.42. The molecule has 4 heteroatoms. The summed E-state index contributed by atoms with van der Waals surface area (Å²) in [5.41, 5.74) is 3.17. The minimum atomic E-state index is 0.831. The Morgan fingerprint density at radius 3 is 2.74 bits per heavy atom. The molecule has 3 rings (SSSR count). The second-order valence-corrected chi connectivity index (χ2v) is 7.30. The number of thiazole rings is 1. The number of aryl methyl sites for hydroxylation is 1. The predicted octanol–water partition coefficient (Wildman–Crippen LogP) is 2.80. The molecule has 0 spiro atoms. The fourth-order valence-electron chi connectivity index (χ4n) is 3.62. The summed E-state index contributed by atoms with van der Waals surface area (Å²) in [5, 5.41) is 3.73. The SMILES string of the molecule is Cc1ncsc1CN(C)CCC1CC2CCC(C1)N2. The Labute approximate surface area is 120 Å². The van der Waals surface area contributed by atoms with Gasteiger partial charge in [0, 0.05) is 23.5 Å². The van der Waals surface area contributed by atoms with E-state index in [-0.39, 0.29) is 0 Å². The fourth-order valence-corrected chi connectivity index (χ4v) is 4.47. The van der Waals surface area contributed by atoms with E-state index in [1.54, 1.807) is 11.3 Å². The van der Waals surface area contributed by atoms with Crippen LogP contribution < -0.4 is 5.32 Å². The van der Waals surface area contributed by atoms with Crippen LogP contribution >= 0.6 is 11.3 Å². The average molecular weight is 279 g/mol. The number of piperidine rings is 1. The third kappa shape index (κ3) is 3.36. The van der Waals surface area contributed by atoms with Crippen molar-refractivity contribution in [3.8, 4) is 0 Å². The van der Waals surface area contributed by atoms with E-state index in [0.717, 1.165) is 24.5 Å². The highest BCUT2D eigenvalue weighted by Crippen LogP contribution is 2.32. The maximum Gasteiger partial charge on any atom is 0.0798 e. The van der Waals surface area contributed by atoms with Crippen molar-refractivity contribution in [3.05, 3.63) is 16.1 Å². The summed E-state index contributed by atoms with van der Waals surface area (Å²) in [6.07, 6.45) is 7.00. The zero-order valence-electron chi connectivity index (χ0n) is 12.1. The molecule has 0 aromatic carbocycles. The van der Waals surface area contributed by atoms with Crippen LogP contribution in [-0.2, 0) is 6.54 Å². The van der Waals surface area contributed by atoms with Crippen LogP contribution in [0.25, 0.3) is 0 Å². The van der Waals surface area contributed by atoms with Gasteiger partial charge in [0.1, 0.15) is 0 Å². The summed E-state index contributed by atoms with van der Waals surface area (Å²) in [6, 6.07) is 1.66. The number of hydrogen-bond acceptors (Lipinski definition) is 4. The normalized spacial score (nSPS) is 30.2. The van der Waals surface area contributed by atoms with E-state index in [4.69, 9.17) is 0 Å². The molecule has 1 N–H and O–H groups in total. The van der Waals surface area contributed by atoms with E-state index in [0.29, 0.717) is 0 Å². The van der Waals surface area contributed by atoms with Crippen molar-refractivity contribution < 1.29 is 0 Å². The molecule has 3 heterocycles. The highest BCUT2D eigenvalue weighted by molar-refractivity contribution is 7.09. The van der Waals surface area contributed by atoms with E-state index in [9.17, 15) is 0 Å². The molecule has 1 aromatic heterocycles. The fraction of sp³-hybridized carbons (Fsp3) is 0.800. The summed E-state index contributed by atoms with van der Waals surface area (Å²) in [6.45, 7) is 4.40. The Hall–Kier alpha value is -0.450. The van der Waals surface area contributed by atoms with Crippen LogP contribution in [0.4, 0.5) is 0 Å². The van der Waals surface area contributed by atoms with Gasteiger partial charge < -0.3 is 10.2 Å². The molecule has 0 saturated carbocycles. The van der Waals surface area contributed by atoms with E-state index in [1.165, 1.54) is 49.2 Å². The lowest BCUT2D eigenvalue weighted by Gasteiger charge is -2.30. The average Bonchev–Trinajstić information content (AvgIpc) is 2.94. The van der Waals surface area contributed by atoms with Crippen LogP contribution in [0, 0.1) is 12.8 Å². The first kappa shape index (κ1) is 13.5. The third-order valence-corrected chi connectivity index (χ3v) is 5.67. The van der Waals surface area contributed by atoms with Gasteiger partial charge in [-0.25, -0.2) is 4.98 Å². The van der Waals surface area contributed by atoms with Gasteiger partial charge in [-0.15, -0.1) is 11.3 Å². The van der Waals surface area contributed by atoms with Crippen molar-refractivity contribution in [2.24, 2.45) is 5.92 Å². The van der Waals surface area contributed by atoms with E-state index in [1.807, 2.05) is 5.51 Å². The molecule has 2 fully saturated rings. The molecule has 3 nitrogen and oxygen atoms in total. The Morgan fingerprint density at radius 1 is 1.37 bits per heavy atom. The van der Waals surface area contributed by atoms with Gasteiger partial charge in [0.2, 0.25) is 0 Å². The standard InChI is InChI=1S/C15H25N3S/c1-11-15(19-10-16-11)9-18(2)6-5-12-7-13-3-4-14(8-12)17-13/h10,12-14,17H,3-9H2,1-2H3. The van der Waals surface area contributed by atoms with Gasteiger partial charge in [0.25, 0.3) is 0 Å². The van der Waals surface area contributed by atoms with Gasteiger partial charge in [0.15, 0.2) is 0 Å². The minimum absolute atomic E-state index is 0.831. The van der Waals surface area contributed by atoms with Gasteiger partial charge in [0.05, 0.1) is 11.2 Å². The van der Waals surface area contributed by atoms with Crippen molar-refractivity contribution in [1.29, 1.82) is 0 Å². The highest BCUT2D eigenvalue weighted by atomic mass is 32.1. The zero-order valence-corrected chi connectivity index (χ0v) is 12.9. The van der Waals surface area contributed by atoms with Crippen LogP contribution in [0.5, 0.6) is 0 Å². The Balaban J connectivity index is 1.43. The lowest BCUT2D eigenvalue weighted by molar-refractivity contribution is 0.239.